The lowest BCUT2D eigenvalue weighted by atomic mass is 10.1. The Bertz CT molecular complexity index is 528. The first kappa shape index (κ1) is 14.3. The third-order valence-electron chi connectivity index (χ3n) is 3.19. The van der Waals surface area contributed by atoms with Crippen molar-refractivity contribution < 1.29 is 19.4 Å². The van der Waals surface area contributed by atoms with Crippen LogP contribution in [-0.2, 0) is 4.79 Å². The first-order valence-electron chi connectivity index (χ1n) is 5.80. The van der Waals surface area contributed by atoms with E-state index in [-0.39, 0.29) is 12.5 Å². The maximum atomic E-state index is 12.4. The zero-order chi connectivity index (χ0) is 14.2. The van der Waals surface area contributed by atoms with Crippen LogP contribution in [0.3, 0.4) is 0 Å². The van der Waals surface area contributed by atoms with E-state index in [2.05, 4.69) is 15.9 Å². The minimum Gasteiger partial charge on any atom is -0.494 e. The summed E-state index contributed by atoms with van der Waals surface area (Å²) in [5.41, 5.74) is 0. The van der Waals surface area contributed by atoms with Crippen LogP contribution in [0, 0.1) is 12.8 Å². The van der Waals surface area contributed by atoms with Crippen LogP contribution in [0.2, 0.25) is 0 Å². The Balaban J connectivity index is 2.21. The number of amides is 1. The van der Waals surface area contributed by atoms with Gasteiger partial charge in [-0.25, -0.2) is 0 Å². The molecule has 1 fully saturated rings. The Hall–Kier alpha value is -1.08. The summed E-state index contributed by atoms with van der Waals surface area (Å²) in [5.74, 6) is -0.920. The quantitative estimate of drug-likeness (QED) is 0.911. The van der Waals surface area contributed by atoms with Crippen molar-refractivity contribution in [3.8, 4) is 5.75 Å². The molecule has 7 heteroatoms. The maximum absolute atomic E-state index is 12.4. The lowest BCUT2D eigenvalue weighted by molar-refractivity contribution is -0.141. The number of likely N-dealkylation sites (tertiary alicyclic amines) is 1. The summed E-state index contributed by atoms with van der Waals surface area (Å²) in [6, 6.07) is 0. The van der Waals surface area contributed by atoms with Gasteiger partial charge in [0, 0.05) is 18.0 Å². The van der Waals surface area contributed by atoms with Crippen LogP contribution in [0.4, 0.5) is 0 Å². The summed E-state index contributed by atoms with van der Waals surface area (Å²) >= 11 is 4.75. The summed E-state index contributed by atoms with van der Waals surface area (Å²) in [6.07, 6.45) is 0.509. The SMILES string of the molecule is COc1c(C(=O)N2CC[C@H](C(=O)O)C2)sc(C)c1Br. The number of carboxylic acid groups (broad SMARTS) is 1. The second-order valence-corrected chi connectivity index (χ2v) is 6.43. The number of rotatable bonds is 3. The average Bonchev–Trinajstić information content (AvgIpc) is 2.95. The zero-order valence-electron chi connectivity index (χ0n) is 10.6. The van der Waals surface area contributed by atoms with Crippen molar-refractivity contribution in [3.63, 3.8) is 0 Å². The molecule has 0 aliphatic carbocycles. The van der Waals surface area contributed by atoms with E-state index in [0.29, 0.717) is 23.6 Å². The minimum atomic E-state index is -0.842. The number of hydrogen-bond donors (Lipinski definition) is 1. The van der Waals surface area contributed by atoms with Crippen molar-refractivity contribution in [1.82, 2.24) is 4.90 Å². The molecular formula is C12H14BrNO4S. The van der Waals surface area contributed by atoms with Gasteiger partial charge in [-0.2, -0.15) is 0 Å². The smallest absolute Gasteiger partial charge is 0.308 e. The number of methoxy groups -OCH3 is 1. The van der Waals surface area contributed by atoms with Gasteiger partial charge in [-0.3, -0.25) is 9.59 Å². The molecule has 0 spiro atoms. The van der Waals surface area contributed by atoms with E-state index in [0.717, 1.165) is 9.35 Å². The molecule has 5 nitrogen and oxygen atoms in total. The number of halogens is 1. The van der Waals surface area contributed by atoms with Crippen molar-refractivity contribution in [2.24, 2.45) is 5.92 Å². The Morgan fingerprint density at radius 1 is 1.53 bits per heavy atom. The summed E-state index contributed by atoms with van der Waals surface area (Å²) in [5, 5.41) is 8.96. The van der Waals surface area contributed by atoms with Gasteiger partial charge in [0.05, 0.1) is 17.5 Å². The highest BCUT2D eigenvalue weighted by Gasteiger charge is 2.33. The molecule has 0 bridgehead atoms. The minimum absolute atomic E-state index is 0.153. The van der Waals surface area contributed by atoms with Gasteiger partial charge < -0.3 is 14.7 Å². The number of aliphatic carboxylic acids is 1. The number of carbonyl (C=O) groups is 2. The van der Waals surface area contributed by atoms with Crippen LogP contribution in [0.15, 0.2) is 4.47 Å². The maximum Gasteiger partial charge on any atom is 0.308 e. The summed E-state index contributed by atoms with van der Waals surface area (Å²) in [4.78, 5) is 26.4. The van der Waals surface area contributed by atoms with Crippen LogP contribution < -0.4 is 4.74 Å². The largest absolute Gasteiger partial charge is 0.494 e. The van der Waals surface area contributed by atoms with Crippen LogP contribution in [0.5, 0.6) is 5.75 Å². The van der Waals surface area contributed by atoms with E-state index in [1.54, 1.807) is 4.90 Å². The number of thiophene rings is 1. The molecule has 0 unspecified atom stereocenters. The van der Waals surface area contributed by atoms with Gasteiger partial charge in [0.1, 0.15) is 4.88 Å². The highest BCUT2D eigenvalue weighted by Crippen LogP contribution is 2.40. The zero-order valence-corrected chi connectivity index (χ0v) is 13.0. The van der Waals surface area contributed by atoms with E-state index < -0.39 is 11.9 Å². The standard InChI is InChI=1S/C12H14BrNO4S/c1-6-8(13)9(18-2)10(19-6)11(15)14-4-3-7(5-14)12(16)17/h7H,3-5H2,1-2H3,(H,16,17)/t7-/m0/s1. The molecule has 2 rings (SSSR count). The molecule has 1 N–H and O–H groups in total. The number of carboxylic acids is 1. The number of hydrogen-bond acceptors (Lipinski definition) is 4. The van der Waals surface area contributed by atoms with Crippen molar-refractivity contribution >= 4 is 39.1 Å². The van der Waals surface area contributed by atoms with Gasteiger partial charge in [0.2, 0.25) is 0 Å². The fraction of sp³-hybridized carbons (Fsp3) is 0.500. The van der Waals surface area contributed by atoms with Gasteiger partial charge in [-0.05, 0) is 29.3 Å². The predicted octanol–water partition coefficient (Wildman–Crippen LogP) is 2.37. The second-order valence-electron chi connectivity index (χ2n) is 4.41. The normalized spacial score (nSPS) is 18.7. The number of nitrogens with zero attached hydrogens (tertiary/aromatic N) is 1. The second kappa shape index (κ2) is 5.50. The molecule has 19 heavy (non-hydrogen) atoms. The molecule has 0 radical (unpaired) electrons. The molecule has 104 valence electrons. The Morgan fingerprint density at radius 2 is 2.21 bits per heavy atom. The molecule has 1 atom stereocenters. The summed E-state index contributed by atoms with van der Waals surface area (Å²) in [6.45, 7) is 2.65. The van der Waals surface area contributed by atoms with Crippen molar-refractivity contribution in [2.75, 3.05) is 20.2 Å². The fourth-order valence-corrected chi connectivity index (χ4v) is 3.83. The molecule has 1 aromatic rings. The molecule has 1 aliphatic rings. The summed E-state index contributed by atoms with van der Waals surface area (Å²) in [7, 11) is 1.52. The molecule has 1 aromatic heterocycles. The van der Waals surface area contributed by atoms with Crippen molar-refractivity contribution in [3.05, 3.63) is 14.2 Å². The average molecular weight is 348 g/mol. The predicted molar refractivity (Wildman–Crippen MR) is 75.0 cm³/mol. The number of ether oxygens (including phenoxy) is 1. The Morgan fingerprint density at radius 3 is 2.74 bits per heavy atom. The van der Waals surface area contributed by atoms with Crippen LogP contribution >= 0.6 is 27.3 Å². The highest BCUT2D eigenvalue weighted by molar-refractivity contribution is 9.10. The van der Waals surface area contributed by atoms with E-state index in [9.17, 15) is 9.59 Å². The van der Waals surface area contributed by atoms with Crippen LogP contribution in [0.25, 0.3) is 0 Å². The molecule has 0 saturated carbocycles. The topological polar surface area (TPSA) is 66.8 Å². The number of aryl methyl sites for hydroxylation is 1. The van der Waals surface area contributed by atoms with E-state index in [1.807, 2.05) is 6.92 Å². The molecule has 0 aromatic carbocycles. The van der Waals surface area contributed by atoms with E-state index >= 15 is 0 Å². The fourth-order valence-electron chi connectivity index (χ4n) is 2.12. The van der Waals surface area contributed by atoms with Crippen LogP contribution in [-0.4, -0.2) is 42.1 Å². The number of carbonyl (C=O) groups excluding carboxylic acids is 1. The highest BCUT2D eigenvalue weighted by atomic mass is 79.9. The van der Waals surface area contributed by atoms with Gasteiger partial charge in [0.15, 0.2) is 5.75 Å². The third kappa shape index (κ3) is 2.62. The van der Waals surface area contributed by atoms with E-state index in [4.69, 9.17) is 9.84 Å². The van der Waals surface area contributed by atoms with Gasteiger partial charge >= 0.3 is 5.97 Å². The van der Waals surface area contributed by atoms with Gasteiger partial charge in [-0.15, -0.1) is 11.3 Å². The molecule has 1 saturated heterocycles. The van der Waals surface area contributed by atoms with Crippen molar-refractivity contribution in [2.45, 2.75) is 13.3 Å². The van der Waals surface area contributed by atoms with Gasteiger partial charge in [-0.1, -0.05) is 0 Å². The van der Waals surface area contributed by atoms with E-state index in [1.165, 1.54) is 18.4 Å². The Kier molecular flexibility index (Phi) is 4.15. The monoisotopic (exact) mass is 347 g/mol. The first-order chi connectivity index (χ1) is 8.95. The molecule has 2 heterocycles. The summed E-state index contributed by atoms with van der Waals surface area (Å²) < 4.78 is 6.04. The lowest BCUT2D eigenvalue weighted by Gasteiger charge is -2.15. The Labute approximate surface area is 123 Å². The molecule has 1 aliphatic heterocycles. The van der Waals surface area contributed by atoms with Crippen molar-refractivity contribution in [1.29, 1.82) is 0 Å². The first-order valence-corrected chi connectivity index (χ1v) is 7.41. The van der Waals surface area contributed by atoms with Crippen LogP contribution in [0.1, 0.15) is 21.0 Å². The molecule has 1 amide bonds. The van der Waals surface area contributed by atoms with Gasteiger partial charge in [0.25, 0.3) is 5.91 Å². The lowest BCUT2D eigenvalue weighted by Crippen LogP contribution is -2.29. The molecular weight excluding hydrogens is 334 g/mol. The third-order valence-corrected chi connectivity index (χ3v) is 5.48.